The van der Waals surface area contributed by atoms with Crippen LogP contribution in [-0.4, -0.2) is 36.6 Å². The number of ether oxygens (including phenoxy) is 1. The number of thiazole rings is 1. The Kier molecular flexibility index (Phi) is 7.27. The summed E-state index contributed by atoms with van der Waals surface area (Å²) in [6.07, 6.45) is 1.91. The molecule has 0 amide bonds. The van der Waals surface area contributed by atoms with E-state index < -0.39 is 0 Å². The Labute approximate surface area is 152 Å². The number of nitrogens with zero attached hydrogens (tertiary/aromatic N) is 2. The van der Waals surface area contributed by atoms with E-state index in [4.69, 9.17) is 16.3 Å². The summed E-state index contributed by atoms with van der Waals surface area (Å²) in [6.45, 7) is 4.39. The number of piperazine rings is 1. The second-order valence-electron chi connectivity index (χ2n) is 5.37. The van der Waals surface area contributed by atoms with Gasteiger partial charge in [-0.25, -0.2) is 4.98 Å². The third-order valence-electron chi connectivity index (χ3n) is 3.84. The number of benzene rings is 1. The van der Waals surface area contributed by atoms with Crippen molar-refractivity contribution in [1.29, 1.82) is 0 Å². The first kappa shape index (κ1) is 18.6. The Hall–Kier alpha value is -0.690. The first-order valence-corrected chi connectivity index (χ1v) is 8.59. The number of rotatable bonds is 5. The highest BCUT2D eigenvalue weighted by atomic mass is 35.5. The molecular weight excluding hydrogens is 353 g/mol. The lowest BCUT2D eigenvalue weighted by Gasteiger charge is -2.36. The van der Waals surface area contributed by atoms with Gasteiger partial charge in [-0.1, -0.05) is 29.8 Å². The van der Waals surface area contributed by atoms with Crippen LogP contribution in [-0.2, 0) is 17.9 Å². The Balaban J connectivity index is 0.00000192. The van der Waals surface area contributed by atoms with Crippen LogP contribution in [0.3, 0.4) is 0 Å². The molecule has 1 N–H and O–H groups in total. The lowest BCUT2D eigenvalue weighted by Crippen LogP contribution is -2.45. The zero-order chi connectivity index (χ0) is 15.4. The van der Waals surface area contributed by atoms with Crippen LogP contribution in [0.2, 0.25) is 5.02 Å². The smallest absolute Gasteiger partial charge is 0.107 e. The van der Waals surface area contributed by atoms with E-state index in [9.17, 15) is 0 Å². The van der Waals surface area contributed by atoms with Crippen molar-refractivity contribution in [2.45, 2.75) is 19.2 Å². The highest BCUT2D eigenvalue weighted by molar-refractivity contribution is 7.11. The van der Waals surface area contributed by atoms with Gasteiger partial charge in [0.15, 0.2) is 0 Å². The molecule has 126 valence electrons. The van der Waals surface area contributed by atoms with Crippen molar-refractivity contribution < 1.29 is 4.74 Å². The minimum atomic E-state index is 0. The average molecular weight is 374 g/mol. The molecule has 1 aliphatic heterocycles. The molecule has 1 aromatic carbocycles. The first-order valence-electron chi connectivity index (χ1n) is 7.39. The van der Waals surface area contributed by atoms with Crippen molar-refractivity contribution in [3.8, 4) is 0 Å². The molecule has 1 aliphatic rings. The van der Waals surface area contributed by atoms with E-state index >= 15 is 0 Å². The minimum absolute atomic E-state index is 0. The SMILES string of the molecule is COCc1cnc(CN2CCNCC2c2ccccc2Cl)s1.Cl. The zero-order valence-corrected chi connectivity index (χ0v) is 15.4. The van der Waals surface area contributed by atoms with Gasteiger partial charge < -0.3 is 10.1 Å². The maximum atomic E-state index is 6.39. The van der Waals surface area contributed by atoms with Crippen molar-refractivity contribution in [3.63, 3.8) is 0 Å². The highest BCUT2D eigenvalue weighted by Crippen LogP contribution is 2.30. The summed E-state index contributed by atoms with van der Waals surface area (Å²) in [5.74, 6) is 0. The van der Waals surface area contributed by atoms with E-state index in [1.807, 2.05) is 24.4 Å². The standard InChI is InChI=1S/C16H20ClN3OS.ClH/c1-21-11-12-8-19-16(22-12)10-20-7-6-18-9-15(20)13-4-2-3-5-14(13)17;/h2-5,8,15,18H,6-7,9-11H2,1H3;1H. The molecule has 0 aliphatic carbocycles. The van der Waals surface area contributed by atoms with Gasteiger partial charge in [0.25, 0.3) is 0 Å². The van der Waals surface area contributed by atoms with Crippen LogP contribution >= 0.6 is 35.3 Å². The molecule has 0 bridgehead atoms. The fourth-order valence-corrected chi connectivity index (χ4v) is 3.97. The second-order valence-corrected chi connectivity index (χ2v) is 6.97. The summed E-state index contributed by atoms with van der Waals surface area (Å²) in [4.78, 5) is 8.14. The van der Waals surface area contributed by atoms with Gasteiger partial charge in [-0.3, -0.25) is 4.90 Å². The molecule has 2 aromatic rings. The maximum absolute atomic E-state index is 6.39. The van der Waals surface area contributed by atoms with Crippen molar-refractivity contribution in [2.75, 3.05) is 26.7 Å². The van der Waals surface area contributed by atoms with E-state index in [-0.39, 0.29) is 18.4 Å². The largest absolute Gasteiger partial charge is 0.379 e. The summed E-state index contributed by atoms with van der Waals surface area (Å²) < 4.78 is 5.17. The number of halogens is 2. The van der Waals surface area contributed by atoms with Gasteiger partial charge in [0.05, 0.1) is 18.0 Å². The molecule has 0 radical (unpaired) electrons. The van der Waals surface area contributed by atoms with Crippen molar-refractivity contribution in [2.24, 2.45) is 0 Å². The lowest BCUT2D eigenvalue weighted by molar-refractivity contribution is 0.153. The van der Waals surface area contributed by atoms with E-state index in [1.165, 1.54) is 10.4 Å². The molecule has 3 rings (SSSR count). The molecule has 4 nitrogen and oxygen atoms in total. The van der Waals surface area contributed by atoms with Crippen LogP contribution in [0, 0.1) is 0 Å². The maximum Gasteiger partial charge on any atom is 0.107 e. The summed E-state index contributed by atoms with van der Waals surface area (Å²) >= 11 is 8.11. The monoisotopic (exact) mass is 373 g/mol. The zero-order valence-electron chi connectivity index (χ0n) is 13.0. The van der Waals surface area contributed by atoms with Gasteiger partial charge >= 0.3 is 0 Å². The molecule has 1 aromatic heterocycles. The second kappa shape index (κ2) is 8.97. The third-order valence-corrected chi connectivity index (χ3v) is 5.14. The molecule has 7 heteroatoms. The Bertz CT molecular complexity index is 623. The highest BCUT2D eigenvalue weighted by Gasteiger charge is 2.26. The van der Waals surface area contributed by atoms with Gasteiger partial charge in [-0.2, -0.15) is 0 Å². The Morgan fingerprint density at radius 1 is 1.43 bits per heavy atom. The number of hydrogen-bond acceptors (Lipinski definition) is 5. The lowest BCUT2D eigenvalue weighted by atomic mass is 10.0. The van der Waals surface area contributed by atoms with Crippen LogP contribution in [0.25, 0.3) is 0 Å². The molecule has 1 atom stereocenters. The summed E-state index contributed by atoms with van der Waals surface area (Å²) in [7, 11) is 1.71. The molecule has 1 fully saturated rings. The third kappa shape index (κ3) is 4.66. The minimum Gasteiger partial charge on any atom is -0.379 e. The van der Waals surface area contributed by atoms with E-state index in [2.05, 4.69) is 21.3 Å². The van der Waals surface area contributed by atoms with E-state index in [0.29, 0.717) is 6.61 Å². The molecule has 0 spiro atoms. The van der Waals surface area contributed by atoms with Gasteiger partial charge in [-0.05, 0) is 11.6 Å². The van der Waals surface area contributed by atoms with Gasteiger partial charge in [0, 0.05) is 44.0 Å². The van der Waals surface area contributed by atoms with Crippen LogP contribution in [0.15, 0.2) is 30.5 Å². The molecular formula is C16H21Cl2N3OS. The quantitative estimate of drug-likeness (QED) is 0.869. The number of hydrogen-bond donors (Lipinski definition) is 1. The van der Waals surface area contributed by atoms with Gasteiger partial charge in [-0.15, -0.1) is 23.7 Å². The predicted molar refractivity (Wildman–Crippen MR) is 97.5 cm³/mol. The fraction of sp³-hybridized carbons (Fsp3) is 0.438. The average Bonchev–Trinajstić information content (AvgIpc) is 2.96. The van der Waals surface area contributed by atoms with Crippen LogP contribution in [0.4, 0.5) is 0 Å². The molecule has 2 heterocycles. The summed E-state index contributed by atoms with van der Waals surface area (Å²) in [5.41, 5.74) is 1.19. The predicted octanol–water partition coefficient (Wildman–Crippen LogP) is 3.51. The van der Waals surface area contributed by atoms with Crippen LogP contribution < -0.4 is 5.32 Å². The van der Waals surface area contributed by atoms with Crippen LogP contribution in [0.1, 0.15) is 21.5 Å². The van der Waals surface area contributed by atoms with Gasteiger partial charge in [0.2, 0.25) is 0 Å². The van der Waals surface area contributed by atoms with Gasteiger partial charge in [0.1, 0.15) is 5.01 Å². The van der Waals surface area contributed by atoms with E-state index in [0.717, 1.165) is 36.2 Å². The molecule has 0 saturated carbocycles. The summed E-state index contributed by atoms with van der Waals surface area (Å²) in [6, 6.07) is 8.39. The molecule has 1 unspecified atom stereocenters. The normalized spacial score (nSPS) is 18.6. The fourth-order valence-electron chi connectivity index (χ4n) is 2.79. The summed E-state index contributed by atoms with van der Waals surface area (Å²) in [5, 5.41) is 5.43. The van der Waals surface area contributed by atoms with Crippen LogP contribution in [0.5, 0.6) is 0 Å². The number of nitrogens with one attached hydrogen (secondary N) is 1. The number of methoxy groups -OCH3 is 1. The number of aromatic nitrogens is 1. The molecule has 1 saturated heterocycles. The van der Waals surface area contributed by atoms with Crippen molar-refractivity contribution >= 4 is 35.3 Å². The van der Waals surface area contributed by atoms with Crippen molar-refractivity contribution in [1.82, 2.24) is 15.2 Å². The Morgan fingerprint density at radius 3 is 3.04 bits per heavy atom. The first-order chi connectivity index (χ1) is 10.8. The Morgan fingerprint density at radius 2 is 2.26 bits per heavy atom. The van der Waals surface area contributed by atoms with E-state index in [1.54, 1.807) is 18.4 Å². The van der Waals surface area contributed by atoms with Crippen molar-refractivity contribution in [3.05, 3.63) is 50.9 Å². The topological polar surface area (TPSA) is 37.4 Å². The molecule has 23 heavy (non-hydrogen) atoms.